The number of rotatable bonds is 6. The van der Waals surface area contributed by atoms with Crippen molar-refractivity contribution in [2.24, 2.45) is 0 Å². The van der Waals surface area contributed by atoms with E-state index in [4.69, 9.17) is 9.84 Å². The molecule has 0 radical (unpaired) electrons. The van der Waals surface area contributed by atoms with E-state index in [1.807, 2.05) is 0 Å². The summed E-state index contributed by atoms with van der Waals surface area (Å²) < 4.78 is 31.3. The molecule has 0 unspecified atom stereocenters. The van der Waals surface area contributed by atoms with Crippen LogP contribution in [0.3, 0.4) is 0 Å². The highest BCUT2D eigenvalue weighted by atomic mass is 32.2. The fourth-order valence-electron chi connectivity index (χ4n) is 1.78. The third-order valence-corrected chi connectivity index (χ3v) is 5.80. The van der Waals surface area contributed by atoms with E-state index in [-0.39, 0.29) is 9.90 Å². The molecule has 0 atom stereocenters. The number of carbonyl (C=O) groups is 1. The average molecular weight is 327 g/mol. The van der Waals surface area contributed by atoms with Crippen molar-refractivity contribution in [3.63, 3.8) is 0 Å². The zero-order chi connectivity index (χ0) is 15.5. The summed E-state index contributed by atoms with van der Waals surface area (Å²) in [5, 5.41) is 10.6. The molecule has 1 aromatic carbocycles. The van der Waals surface area contributed by atoms with E-state index in [1.54, 1.807) is 29.6 Å². The molecule has 0 spiro atoms. The van der Waals surface area contributed by atoms with Crippen molar-refractivity contribution in [2.45, 2.75) is 4.21 Å². The maximum Gasteiger partial charge on any atom is 0.324 e. The van der Waals surface area contributed by atoms with E-state index in [9.17, 15) is 13.2 Å². The Bertz CT molecular complexity index is 725. The quantitative estimate of drug-likeness (QED) is 0.877. The first-order chi connectivity index (χ1) is 9.96. The van der Waals surface area contributed by atoms with Crippen LogP contribution in [-0.4, -0.2) is 33.1 Å². The number of hydrogen-bond donors (Lipinski definition) is 1. The molecule has 0 aliphatic heterocycles. The minimum atomic E-state index is -3.95. The fraction of sp³-hybridized carbons (Fsp3) is 0.154. The smallest absolute Gasteiger partial charge is 0.324 e. The Hall–Kier alpha value is -2.06. The summed E-state index contributed by atoms with van der Waals surface area (Å²) in [6.45, 7) is -0.680. The molecule has 0 aliphatic rings. The van der Waals surface area contributed by atoms with Gasteiger partial charge in [0.2, 0.25) is 0 Å². The fourth-order valence-corrected chi connectivity index (χ4v) is 4.31. The lowest BCUT2D eigenvalue weighted by Crippen LogP contribution is -2.35. The number of methoxy groups -OCH3 is 1. The maximum absolute atomic E-state index is 12.6. The third kappa shape index (κ3) is 3.17. The number of aliphatic carboxylic acids is 1. The van der Waals surface area contributed by atoms with Crippen molar-refractivity contribution < 1.29 is 23.1 Å². The average Bonchev–Trinajstić information content (AvgIpc) is 2.99. The minimum Gasteiger partial charge on any atom is -0.495 e. The van der Waals surface area contributed by atoms with Crippen molar-refractivity contribution in [3.8, 4) is 5.75 Å². The molecule has 0 fully saturated rings. The summed E-state index contributed by atoms with van der Waals surface area (Å²) in [5.41, 5.74) is 0.191. The van der Waals surface area contributed by atoms with Gasteiger partial charge in [-0.15, -0.1) is 11.3 Å². The number of benzene rings is 1. The second kappa shape index (κ2) is 6.15. The van der Waals surface area contributed by atoms with Crippen LogP contribution in [0.25, 0.3) is 0 Å². The molecule has 6 nitrogen and oxygen atoms in total. The van der Waals surface area contributed by atoms with Crippen molar-refractivity contribution in [1.82, 2.24) is 0 Å². The van der Waals surface area contributed by atoms with Crippen LogP contribution in [-0.2, 0) is 14.8 Å². The molecule has 21 heavy (non-hydrogen) atoms. The Labute approximate surface area is 126 Å². The summed E-state index contributed by atoms with van der Waals surface area (Å²) in [5.74, 6) is -0.958. The van der Waals surface area contributed by atoms with E-state index < -0.39 is 22.5 Å². The standard InChI is InChI=1S/C13H13NO5S2/c1-19-11-6-3-2-5-10(11)14(9-12(15)16)21(17,18)13-7-4-8-20-13/h2-8H,9H2,1H3,(H,15,16). The zero-order valence-corrected chi connectivity index (χ0v) is 12.7. The number of ether oxygens (including phenoxy) is 1. The molecule has 1 N–H and O–H groups in total. The van der Waals surface area contributed by atoms with Crippen molar-refractivity contribution in [3.05, 3.63) is 41.8 Å². The van der Waals surface area contributed by atoms with Crippen molar-refractivity contribution >= 4 is 33.0 Å². The number of anilines is 1. The predicted octanol–water partition coefficient (Wildman–Crippen LogP) is 2.04. The Morgan fingerprint density at radius 2 is 2.00 bits per heavy atom. The molecule has 0 aliphatic carbocycles. The lowest BCUT2D eigenvalue weighted by molar-refractivity contribution is -0.135. The molecular weight excluding hydrogens is 314 g/mol. The van der Waals surface area contributed by atoms with Crippen molar-refractivity contribution in [1.29, 1.82) is 0 Å². The van der Waals surface area contributed by atoms with Crippen LogP contribution >= 0.6 is 11.3 Å². The highest BCUT2D eigenvalue weighted by molar-refractivity contribution is 7.94. The molecule has 0 amide bonds. The van der Waals surface area contributed by atoms with Crippen LogP contribution in [0.15, 0.2) is 46.0 Å². The number of carboxylic acids is 1. The van der Waals surface area contributed by atoms with Gasteiger partial charge in [-0.25, -0.2) is 8.42 Å². The Morgan fingerprint density at radius 3 is 2.57 bits per heavy atom. The normalized spacial score (nSPS) is 11.1. The Kier molecular flexibility index (Phi) is 4.49. The first-order valence-corrected chi connectivity index (χ1v) is 8.20. The summed E-state index contributed by atoms with van der Waals surface area (Å²) in [4.78, 5) is 11.1. The summed E-state index contributed by atoms with van der Waals surface area (Å²) in [6.07, 6.45) is 0. The maximum atomic E-state index is 12.6. The second-order valence-electron chi connectivity index (χ2n) is 4.01. The highest BCUT2D eigenvalue weighted by Gasteiger charge is 2.29. The first-order valence-electron chi connectivity index (χ1n) is 5.88. The number of hydrogen-bond acceptors (Lipinski definition) is 5. The number of para-hydroxylation sites is 2. The van der Waals surface area contributed by atoms with E-state index in [1.165, 1.54) is 19.2 Å². The van der Waals surface area contributed by atoms with Crippen LogP contribution in [0.1, 0.15) is 0 Å². The van der Waals surface area contributed by atoms with Crippen LogP contribution in [0, 0.1) is 0 Å². The van der Waals surface area contributed by atoms with Gasteiger partial charge in [-0.05, 0) is 23.6 Å². The molecule has 0 saturated carbocycles. The lowest BCUT2D eigenvalue weighted by atomic mass is 10.3. The van der Waals surface area contributed by atoms with Gasteiger partial charge in [-0.2, -0.15) is 0 Å². The topological polar surface area (TPSA) is 83.9 Å². The van der Waals surface area contributed by atoms with Crippen LogP contribution < -0.4 is 9.04 Å². The van der Waals surface area contributed by atoms with Crippen LogP contribution in [0.2, 0.25) is 0 Å². The van der Waals surface area contributed by atoms with E-state index in [0.717, 1.165) is 15.6 Å². The lowest BCUT2D eigenvalue weighted by Gasteiger charge is -2.23. The van der Waals surface area contributed by atoms with E-state index in [2.05, 4.69) is 0 Å². The van der Waals surface area contributed by atoms with Gasteiger partial charge >= 0.3 is 5.97 Å². The molecule has 8 heteroatoms. The molecule has 2 rings (SSSR count). The molecule has 0 bridgehead atoms. The van der Waals surface area contributed by atoms with Gasteiger partial charge in [0.15, 0.2) is 0 Å². The second-order valence-corrected chi connectivity index (χ2v) is 7.05. The van der Waals surface area contributed by atoms with Gasteiger partial charge in [-0.1, -0.05) is 18.2 Å². The molecule has 0 saturated heterocycles. The summed E-state index contributed by atoms with van der Waals surface area (Å²) in [7, 11) is -2.55. The molecule has 1 aromatic heterocycles. The van der Waals surface area contributed by atoms with Gasteiger partial charge < -0.3 is 9.84 Å². The molecule has 112 valence electrons. The van der Waals surface area contributed by atoms with Gasteiger partial charge in [0.1, 0.15) is 16.5 Å². The van der Waals surface area contributed by atoms with Gasteiger partial charge in [0, 0.05) is 0 Å². The largest absolute Gasteiger partial charge is 0.495 e. The van der Waals surface area contributed by atoms with E-state index in [0.29, 0.717) is 5.75 Å². The Balaban J connectivity index is 2.56. The SMILES string of the molecule is COc1ccccc1N(CC(=O)O)S(=O)(=O)c1cccs1. The summed E-state index contributed by atoms with van der Waals surface area (Å²) >= 11 is 1.03. The zero-order valence-electron chi connectivity index (χ0n) is 11.1. The predicted molar refractivity (Wildman–Crippen MR) is 79.5 cm³/mol. The van der Waals surface area contributed by atoms with Crippen LogP contribution in [0.4, 0.5) is 5.69 Å². The molecular formula is C13H13NO5S2. The summed E-state index contributed by atoms with van der Waals surface area (Å²) in [6, 6.07) is 9.42. The van der Waals surface area contributed by atoms with Gasteiger partial charge in [0.25, 0.3) is 10.0 Å². The Morgan fingerprint density at radius 1 is 1.29 bits per heavy atom. The van der Waals surface area contributed by atoms with Gasteiger partial charge in [0.05, 0.1) is 12.8 Å². The monoisotopic (exact) mass is 327 g/mol. The number of nitrogens with zero attached hydrogens (tertiary/aromatic N) is 1. The first kappa shape index (κ1) is 15.3. The van der Waals surface area contributed by atoms with E-state index >= 15 is 0 Å². The van der Waals surface area contributed by atoms with Crippen molar-refractivity contribution in [2.75, 3.05) is 18.0 Å². The molecule has 2 aromatic rings. The minimum absolute atomic E-state index is 0.0784. The highest BCUT2D eigenvalue weighted by Crippen LogP contribution is 2.33. The number of carboxylic acid groups (broad SMARTS) is 1. The molecule has 1 heterocycles. The number of thiophene rings is 1. The van der Waals surface area contributed by atoms with Gasteiger partial charge in [-0.3, -0.25) is 9.10 Å². The third-order valence-electron chi connectivity index (χ3n) is 2.67. The van der Waals surface area contributed by atoms with Crippen LogP contribution in [0.5, 0.6) is 5.75 Å². The number of sulfonamides is 1.